The average Bonchev–Trinajstić information content (AvgIpc) is 3.11. The van der Waals surface area contributed by atoms with E-state index in [-0.39, 0.29) is 17.7 Å². The van der Waals surface area contributed by atoms with E-state index in [9.17, 15) is 9.90 Å². The zero-order valence-corrected chi connectivity index (χ0v) is 16.4. The Bertz CT molecular complexity index is 984. The lowest BCUT2D eigenvalue weighted by molar-refractivity contribution is -0.134. The van der Waals surface area contributed by atoms with Crippen molar-refractivity contribution in [2.24, 2.45) is 5.73 Å². The van der Waals surface area contributed by atoms with Gasteiger partial charge in [-0.15, -0.1) is 10.2 Å². The normalized spacial score (nSPS) is 17.0. The first-order chi connectivity index (χ1) is 14.0. The molecule has 7 nitrogen and oxygen atoms in total. The van der Waals surface area contributed by atoms with E-state index >= 15 is 0 Å². The van der Waals surface area contributed by atoms with Gasteiger partial charge in [0.1, 0.15) is 11.6 Å². The van der Waals surface area contributed by atoms with Crippen LogP contribution in [0.25, 0.3) is 0 Å². The number of aryl methyl sites for hydroxylation is 1. The van der Waals surface area contributed by atoms with Crippen molar-refractivity contribution in [2.75, 3.05) is 6.54 Å². The van der Waals surface area contributed by atoms with Gasteiger partial charge >= 0.3 is 0 Å². The van der Waals surface area contributed by atoms with E-state index in [1.54, 1.807) is 29.2 Å². The van der Waals surface area contributed by atoms with Crippen LogP contribution in [0.3, 0.4) is 0 Å². The molecule has 3 aromatic rings. The van der Waals surface area contributed by atoms with Gasteiger partial charge in [-0.05, 0) is 43.0 Å². The molecule has 0 fully saturated rings. The van der Waals surface area contributed by atoms with Gasteiger partial charge in [-0.25, -0.2) is 0 Å². The molecule has 0 unspecified atom stereocenters. The number of amides is 1. The van der Waals surface area contributed by atoms with Gasteiger partial charge in [-0.1, -0.05) is 42.5 Å². The molecule has 7 heteroatoms. The number of phenols is 1. The van der Waals surface area contributed by atoms with Crippen molar-refractivity contribution in [3.8, 4) is 5.75 Å². The quantitative estimate of drug-likeness (QED) is 0.693. The molecule has 1 amide bonds. The molecular formula is C22H25N5O2. The number of carbonyl (C=O) groups excluding carboxylic acids is 1. The number of nitrogens with zero attached hydrogens (tertiary/aromatic N) is 4. The van der Waals surface area contributed by atoms with Crippen LogP contribution in [0.5, 0.6) is 5.75 Å². The molecular weight excluding hydrogens is 366 g/mol. The lowest BCUT2D eigenvalue weighted by Gasteiger charge is -2.35. The van der Waals surface area contributed by atoms with E-state index in [0.29, 0.717) is 19.5 Å². The molecule has 0 aliphatic carbocycles. The molecule has 4 rings (SSSR count). The topological polar surface area (TPSA) is 97.3 Å². The van der Waals surface area contributed by atoms with E-state index in [0.717, 1.165) is 23.6 Å². The molecule has 1 aliphatic rings. The first kappa shape index (κ1) is 19.1. The minimum atomic E-state index is -0.646. The predicted molar refractivity (Wildman–Crippen MR) is 109 cm³/mol. The van der Waals surface area contributed by atoms with Gasteiger partial charge < -0.3 is 20.3 Å². The van der Waals surface area contributed by atoms with Crippen LogP contribution in [0.2, 0.25) is 0 Å². The van der Waals surface area contributed by atoms with Crippen molar-refractivity contribution in [3.63, 3.8) is 0 Å². The third-order valence-electron chi connectivity index (χ3n) is 5.40. The van der Waals surface area contributed by atoms with Gasteiger partial charge in [0.2, 0.25) is 5.91 Å². The number of nitrogens with two attached hydrogens (primary N) is 1. The van der Waals surface area contributed by atoms with Gasteiger partial charge in [-0.3, -0.25) is 4.79 Å². The van der Waals surface area contributed by atoms with Crippen molar-refractivity contribution in [2.45, 2.75) is 38.4 Å². The highest BCUT2D eigenvalue weighted by molar-refractivity contribution is 5.82. The monoisotopic (exact) mass is 391 g/mol. The summed E-state index contributed by atoms with van der Waals surface area (Å²) in [6, 6.07) is 16.4. The summed E-state index contributed by atoms with van der Waals surface area (Å²) in [5.74, 6) is 1.76. The van der Waals surface area contributed by atoms with Crippen LogP contribution in [-0.2, 0) is 24.2 Å². The Hall–Kier alpha value is -3.19. The summed E-state index contributed by atoms with van der Waals surface area (Å²) in [7, 11) is 0. The first-order valence-electron chi connectivity index (χ1n) is 9.78. The Balaban J connectivity index is 1.52. The lowest BCUT2D eigenvalue weighted by atomic mass is 10.0. The Kier molecular flexibility index (Phi) is 5.31. The van der Waals surface area contributed by atoms with Gasteiger partial charge in [0.25, 0.3) is 0 Å². The SMILES string of the molecule is Cc1nnc2n1[C@H](Cc1ccccc1)CN(C(=O)[C@@H](N)Cc1ccc(O)cc1)C2. The van der Waals surface area contributed by atoms with Crippen molar-refractivity contribution in [1.29, 1.82) is 0 Å². The number of aromatic nitrogens is 3. The number of phenolic OH excluding ortho intramolecular Hbond substituents is 1. The fourth-order valence-electron chi connectivity index (χ4n) is 3.98. The minimum Gasteiger partial charge on any atom is -0.508 e. The molecule has 0 spiro atoms. The van der Waals surface area contributed by atoms with Crippen molar-refractivity contribution in [1.82, 2.24) is 19.7 Å². The molecule has 29 heavy (non-hydrogen) atoms. The molecule has 0 saturated heterocycles. The largest absolute Gasteiger partial charge is 0.508 e. The number of rotatable bonds is 5. The third-order valence-corrected chi connectivity index (χ3v) is 5.40. The molecule has 2 heterocycles. The highest BCUT2D eigenvalue weighted by Crippen LogP contribution is 2.25. The van der Waals surface area contributed by atoms with Gasteiger partial charge in [0.15, 0.2) is 5.82 Å². The summed E-state index contributed by atoms with van der Waals surface area (Å²) in [4.78, 5) is 14.9. The van der Waals surface area contributed by atoms with Crippen LogP contribution >= 0.6 is 0 Å². The fourth-order valence-corrected chi connectivity index (χ4v) is 3.98. The molecule has 150 valence electrons. The third kappa shape index (κ3) is 4.14. The highest BCUT2D eigenvalue weighted by atomic mass is 16.3. The van der Waals surface area contributed by atoms with Gasteiger partial charge in [0.05, 0.1) is 18.6 Å². The van der Waals surface area contributed by atoms with Crippen LogP contribution in [0.15, 0.2) is 54.6 Å². The number of hydrogen-bond donors (Lipinski definition) is 2. The smallest absolute Gasteiger partial charge is 0.240 e. The van der Waals surface area contributed by atoms with Gasteiger partial charge in [-0.2, -0.15) is 0 Å². The summed E-state index contributed by atoms with van der Waals surface area (Å²) in [5, 5.41) is 17.9. The Morgan fingerprint density at radius 1 is 1.14 bits per heavy atom. The van der Waals surface area contributed by atoms with Crippen LogP contribution in [0.4, 0.5) is 0 Å². The molecule has 0 radical (unpaired) electrons. The molecule has 0 bridgehead atoms. The van der Waals surface area contributed by atoms with E-state index in [1.165, 1.54) is 5.56 Å². The molecule has 0 saturated carbocycles. The number of aromatic hydroxyl groups is 1. The van der Waals surface area contributed by atoms with E-state index in [2.05, 4.69) is 26.9 Å². The van der Waals surface area contributed by atoms with E-state index in [1.807, 2.05) is 25.1 Å². The molecule has 1 aromatic heterocycles. The van der Waals surface area contributed by atoms with Gasteiger partial charge in [0, 0.05) is 6.54 Å². The second-order valence-electron chi connectivity index (χ2n) is 7.57. The molecule has 1 aliphatic heterocycles. The predicted octanol–water partition coefficient (Wildman–Crippen LogP) is 1.99. The van der Waals surface area contributed by atoms with Crippen molar-refractivity contribution < 1.29 is 9.90 Å². The lowest BCUT2D eigenvalue weighted by Crippen LogP contribution is -2.49. The number of hydrogen-bond acceptors (Lipinski definition) is 5. The standard InChI is InChI=1S/C22H25N5O2/c1-15-24-25-21-14-26(13-18(27(15)21)11-16-5-3-2-4-6-16)22(29)20(23)12-17-7-9-19(28)10-8-17/h2-10,18,20,28H,11-14,23H2,1H3/t18-,20+/m1/s1. The highest BCUT2D eigenvalue weighted by Gasteiger charge is 2.32. The average molecular weight is 391 g/mol. The zero-order chi connectivity index (χ0) is 20.4. The Morgan fingerprint density at radius 3 is 2.59 bits per heavy atom. The number of carbonyl (C=O) groups is 1. The van der Waals surface area contributed by atoms with E-state index in [4.69, 9.17) is 5.73 Å². The summed E-state index contributed by atoms with van der Waals surface area (Å²) in [6.45, 7) is 2.93. The maximum atomic E-state index is 13.1. The second kappa shape index (κ2) is 8.05. The fraction of sp³-hybridized carbons (Fsp3) is 0.318. The zero-order valence-electron chi connectivity index (χ0n) is 16.4. The Morgan fingerprint density at radius 2 is 1.86 bits per heavy atom. The number of fused-ring (bicyclic) bond motifs is 1. The summed E-state index contributed by atoms with van der Waals surface area (Å²) in [6.07, 6.45) is 1.22. The summed E-state index contributed by atoms with van der Waals surface area (Å²) in [5.41, 5.74) is 8.37. The molecule has 3 N–H and O–H groups in total. The molecule has 2 atom stereocenters. The summed E-state index contributed by atoms with van der Waals surface area (Å²) < 4.78 is 2.14. The second-order valence-corrected chi connectivity index (χ2v) is 7.57. The maximum Gasteiger partial charge on any atom is 0.240 e. The van der Waals surface area contributed by atoms with E-state index < -0.39 is 6.04 Å². The van der Waals surface area contributed by atoms with Crippen LogP contribution in [0, 0.1) is 6.92 Å². The van der Waals surface area contributed by atoms with Crippen LogP contribution in [0.1, 0.15) is 28.8 Å². The Labute approximate surface area is 169 Å². The van der Waals surface area contributed by atoms with Crippen molar-refractivity contribution in [3.05, 3.63) is 77.4 Å². The number of benzene rings is 2. The minimum absolute atomic E-state index is 0.0703. The first-order valence-corrected chi connectivity index (χ1v) is 9.78. The van der Waals surface area contributed by atoms with Crippen molar-refractivity contribution >= 4 is 5.91 Å². The van der Waals surface area contributed by atoms with Crippen LogP contribution < -0.4 is 5.73 Å². The molecule has 2 aromatic carbocycles. The van der Waals surface area contributed by atoms with Crippen LogP contribution in [-0.4, -0.2) is 43.3 Å². The summed E-state index contributed by atoms with van der Waals surface area (Å²) >= 11 is 0. The maximum absolute atomic E-state index is 13.1.